The molecule has 0 saturated heterocycles. The van der Waals surface area contributed by atoms with Gasteiger partial charge in [0.15, 0.2) is 11.7 Å². The summed E-state index contributed by atoms with van der Waals surface area (Å²) in [7, 11) is 0. The number of nitrogens with one attached hydrogen (secondary N) is 2. The van der Waals surface area contributed by atoms with Gasteiger partial charge in [-0.2, -0.15) is 13.2 Å². The zero-order chi connectivity index (χ0) is 17.5. The van der Waals surface area contributed by atoms with E-state index in [4.69, 9.17) is 12.2 Å². The third-order valence-electron chi connectivity index (χ3n) is 2.17. The number of rotatable bonds is 5. The predicted molar refractivity (Wildman–Crippen MR) is 82.5 cm³/mol. The minimum Gasteiger partial charge on any atom is -0.456 e. The van der Waals surface area contributed by atoms with Gasteiger partial charge in [0.2, 0.25) is 5.91 Å². The molecule has 1 amide bonds. The van der Waals surface area contributed by atoms with Crippen LogP contribution in [0.1, 0.15) is 12.8 Å². The average Bonchev–Trinajstić information content (AvgIpc) is 2.44. The minimum atomic E-state index is -4.60. The number of pyridine rings is 1. The monoisotopic (exact) mass is 413 g/mol. The summed E-state index contributed by atoms with van der Waals surface area (Å²) in [6.07, 6.45) is -3.92. The molecule has 0 aliphatic heterocycles. The number of esters is 1. The predicted octanol–water partition coefficient (Wildman–Crippen LogP) is 2.54. The fourth-order valence-corrected chi connectivity index (χ4v) is 1.69. The Hall–Kier alpha value is -1.75. The molecule has 6 nitrogen and oxygen atoms in total. The lowest BCUT2D eigenvalue weighted by Gasteiger charge is -2.09. The van der Waals surface area contributed by atoms with Gasteiger partial charge in [0.05, 0.1) is 6.42 Å². The molecule has 0 bridgehead atoms. The molecule has 0 unspecified atom stereocenters. The van der Waals surface area contributed by atoms with Crippen molar-refractivity contribution in [2.24, 2.45) is 0 Å². The topological polar surface area (TPSA) is 80.3 Å². The lowest BCUT2D eigenvalue weighted by atomic mass is 10.3. The highest BCUT2D eigenvalue weighted by atomic mass is 79.9. The van der Waals surface area contributed by atoms with Crippen molar-refractivity contribution in [3.05, 3.63) is 22.8 Å². The van der Waals surface area contributed by atoms with Crippen molar-refractivity contribution in [2.75, 3.05) is 11.9 Å². The maximum atomic E-state index is 11.8. The van der Waals surface area contributed by atoms with Gasteiger partial charge in [-0.1, -0.05) is 0 Å². The normalized spacial score (nSPS) is 10.8. The van der Waals surface area contributed by atoms with Crippen molar-refractivity contribution in [1.29, 1.82) is 0 Å². The molecule has 11 heteroatoms. The molecule has 0 spiro atoms. The molecule has 2 N–H and O–H groups in total. The van der Waals surface area contributed by atoms with Gasteiger partial charge >= 0.3 is 12.1 Å². The van der Waals surface area contributed by atoms with Crippen molar-refractivity contribution >= 4 is 51.0 Å². The van der Waals surface area contributed by atoms with Gasteiger partial charge in [0.1, 0.15) is 5.82 Å². The first-order chi connectivity index (χ1) is 10.7. The summed E-state index contributed by atoms with van der Waals surface area (Å²) in [6, 6.07) is 3.31. The van der Waals surface area contributed by atoms with Crippen molar-refractivity contribution in [1.82, 2.24) is 10.3 Å². The Morgan fingerprint density at radius 3 is 2.57 bits per heavy atom. The van der Waals surface area contributed by atoms with Gasteiger partial charge in [-0.25, -0.2) is 4.98 Å². The highest BCUT2D eigenvalue weighted by molar-refractivity contribution is 9.10. The molecule has 0 saturated carbocycles. The van der Waals surface area contributed by atoms with Crippen LogP contribution in [0.3, 0.4) is 0 Å². The number of carbonyl (C=O) groups is 2. The smallest absolute Gasteiger partial charge is 0.422 e. The van der Waals surface area contributed by atoms with E-state index in [1.165, 1.54) is 6.20 Å². The molecule has 0 aliphatic rings. The van der Waals surface area contributed by atoms with Crippen LogP contribution in [0.15, 0.2) is 22.8 Å². The summed E-state index contributed by atoms with van der Waals surface area (Å²) >= 11 is 8.07. The van der Waals surface area contributed by atoms with Crippen LogP contribution in [0.4, 0.5) is 19.0 Å². The summed E-state index contributed by atoms with van der Waals surface area (Å²) in [4.78, 5) is 26.5. The Morgan fingerprint density at radius 1 is 1.30 bits per heavy atom. The summed E-state index contributed by atoms with van der Waals surface area (Å²) in [5.41, 5.74) is 0. The quantitative estimate of drug-likeness (QED) is 0.570. The Balaban J connectivity index is 2.29. The van der Waals surface area contributed by atoms with Crippen LogP contribution in [0.25, 0.3) is 0 Å². The van der Waals surface area contributed by atoms with E-state index < -0.39 is 31.1 Å². The van der Waals surface area contributed by atoms with Gasteiger partial charge < -0.3 is 15.4 Å². The van der Waals surface area contributed by atoms with Gasteiger partial charge in [0, 0.05) is 17.1 Å². The second-order valence-electron chi connectivity index (χ2n) is 4.14. The summed E-state index contributed by atoms with van der Waals surface area (Å²) in [5.74, 6) is -1.36. The fraction of sp³-hybridized carbons (Fsp3) is 0.333. The standard InChI is InChI=1S/C12H11BrF3N3O3S/c13-7-1-2-8(17-5-7)18-11(23)19-9(20)3-4-10(21)22-6-12(14,15)16/h1-2,5H,3-4,6H2,(H2,17,18,19,20,23). The second-order valence-corrected chi connectivity index (χ2v) is 5.46. The van der Waals surface area contributed by atoms with Crippen LogP contribution >= 0.6 is 28.1 Å². The van der Waals surface area contributed by atoms with E-state index in [0.29, 0.717) is 5.82 Å². The van der Waals surface area contributed by atoms with Crippen LogP contribution in [-0.2, 0) is 14.3 Å². The number of nitrogens with zero attached hydrogens (tertiary/aromatic N) is 1. The minimum absolute atomic E-state index is 0.0477. The molecule has 1 aromatic rings. The van der Waals surface area contributed by atoms with Crippen molar-refractivity contribution in [3.63, 3.8) is 0 Å². The van der Waals surface area contributed by atoms with Gasteiger partial charge in [-0.15, -0.1) is 0 Å². The largest absolute Gasteiger partial charge is 0.456 e. The van der Waals surface area contributed by atoms with E-state index in [-0.39, 0.29) is 11.5 Å². The second kappa shape index (κ2) is 8.77. The van der Waals surface area contributed by atoms with Crippen LogP contribution in [-0.4, -0.2) is 34.8 Å². The Bertz CT molecular complexity index is 581. The van der Waals surface area contributed by atoms with Gasteiger partial charge in [0.25, 0.3) is 0 Å². The van der Waals surface area contributed by atoms with E-state index in [9.17, 15) is 22.8 Å². The van der Waals surface area contributed by atoms with E-state index in [0.717, 1.165) is 4.47 Å². The Kier molecular flexibility index (Phi) is 7.36. The van der Waals surface area contributed by atoms with Crippen molar-refractivity contribution < 1.29 is 27.5 Å². The molecule has 1 rings (SSSR count). The number of hydrogen-bond donors (Lipinski definition) is 2. The molecular weight excluding hydrogens is 403 g/mol. The zero-order valence-corrected chi connectivity index (χ0v) is 13.8. The number of alkyl halides is 3. The number of carbonyl (C=O) groups excluding carboxylic acids is 2. The van der Waals surface area contributed by atoms with E-state index in [2.05, 4.69) is 36.3 Å². The third-order valence-corrected chi connectivity index (χ3v) is 2.85. The highest BCUT2D eigenvalue weighted by Gasteiger charge is 2.29. The number of aromatic nitrogens is 1. The van der Waals surface area contributed by atoms with Crippen LogP contribution < -0.4 is 10.6 Å². The first kappa shape index (κ1) is 19.3. The van der Waals surface area contributed by atoms with Gasteiger partial charge in [-0.05, 0) is 40.3 Å². The molecule has 0 aliphatic carbocycles. The molecule has 1 aromatic heterocycles. The lowest BCUT2D eigenvalue weighted by Crippen LogP contribution is -2.34. The van der Waals surface area contributed by atoms with Crippen LogP contribution in [0, 0.1) is 0 Å². The third kappa shape index (κ3) is 9.08. The van der Waals surface area contributed by atoms with Crippen LogP contribution in [0.2, 0.25) is 0 Å². The van der Waals surface area contributed by atoms with Crippen molar-refractivity contribution in [2.45, 2.75) is 19.0 Å². The number of anilines is 1. The Morgan fingerprint density at radius 2 is 2.00 bits per heavy atom. The molecule has 1 heterocycles. The Labute approximate surface area is 142 Å². The SMILES string of the molecule is O=C(CCC(=O)OCC(F)(F)F)NC(=S)Nc1ccc(Br)cn1. The van der Waals surface area contributed by atoms with E-state index >= 15 is 0 Å². The first-order valence-electron chi connectivity index (χ1n) is 6.10. The maximum absolute atomic E-state index is 11.8. The lowest BCUT2D eigenvalue weighted by molar-refractivity contribution is -0.186. The molecule has 0 radical (unpaired) electrons. The molecule has 0 atom stereocenters. The number of ether oxygens (including phenoxy) is 1. The summed E-state index contributed by atoms with van der Waals surface area (Å²) in [6.45, 7) is -1.68. The molecule has 0 fully saturated rings. The number of amides is 1. The summed E-state index contributed by atoms with van der Waals surface area (Å²) in [5, 5.41) is 4.86. The highest BCUT2D eigenvalue weighted by Crippen LogP contribution is 2.15. The van der Waals surface area contributed by atoms with Gasteiger partial charge in [-0.3, -0.25) is 9.59 Å². The van der Waals surface area contributed by atoms with E-state index in [1.54, 1.807) is 12.1 Å². The molecular formula is C12H11BrF3N3O3S. The number of hydrogen-bond acceptors (Lipinski definition) is 5. The average molecular weight is 414 g/mol. The molecule has 0 aromatic carbocycles. The van der Waals surface area contributed by atoms with Crippen molar-refractivity contribution in [3.8, 4) is 0 Å². The maximum Gasteiger partial charge on any atom is 0.422 e. The fourth-order valence-electron chi connectivity index (χ4n) is 1.24. The van der Waals surface area contributed by atoms with E-state index in [1.807, 2.05) is 0 Å². The first-order valence-corrected chi connectivity index (χ1v) is 7.30. The molecule has 23 heavy (non-hydrogen) atoms. The molecule has 126 valence electrons. The zero-order valence-electron chi connectivity index (χ0n) is 11.4. The summed E-state index contributed by atoms with van der Waals surface area (Å²) < 4.78 is 40.2. The van der Waals surface area contributed by atoms with Crippen LogP contribution in [0.5, 0.6) is 0 Å². The number of halogens is 4. The number of thiocarbonyl (C=S) groups is 1.